The van der Waals surface area contributed by atoms with Gasteiger partial charge in [0.1, 0.15) is 6.29 Å². The molecule has 0 rings (SSSR count). The quantitative estimate of drug-likeness (QED) is 0.400. The van der Waals surface area contributed by atoms with Crippen LogP contribution in [0.5, 0.6) is 0 Å². The Bertz CT molecular complexity index is 187. The fourth-order valence-electron chi connectivity index (χ4n) is 0.342. The van der Waals surface area contributed by atoms with Crippen LogP contribution in [0, 0.1) is 0 Å². The molecule has 0 unspecified atom stereocenters. The van der Waals surface area contributed by atoms with Crippen molar-refractivity contribution in [3.63, 3.8) is 0 Å². The Labute approximate surface area is 63.9 Å². The second kappa shape index (κ2) is 3.82. The number of hydrogen-bond donors (Lipinski definition) is 4. The topological polar surface area (TPSA) is 113 Å². The third kappa shape index (κ3) is 6.00. The van der Waals surface area contributed by atoms with Crippen LogP contribution in [0.1, 0.15) is 6.92 Å². The number of nitrogens with two attached hydrogens (primary N) is 1. The number of hydrogen-bond acceptors (Lipinski definition) is 3. The molecule has 66 valence electrons. The summed E-state index contributed by atoms with van der Waals surface area (Å²) < 4.78 is 10.2. The van der Waals surface area contributed by atoms with E-state index in [9.17, 15) is 9.36 Å². The van der Waals surface area contributed by atoms with Gasteiger partial charge in [0.05, 0.1) is 6.04 Å². The molecule has 0 heterocycles. The predicted octanol–water partition coefficient (Wildman–Crippen LogP) is -1.42. The van der Waals surface area contributed by atoms with E-state index in [0.29, 0.717) is 0 Å². The predicted molar refractivity (Wildman–Crippen MR) is 38.7 cm³/mol. The van der Waals surface area contributed by atoms with Crippen LogP contribution in [-0.2, 0) is 9.36 Å². The third-order valence-electron chi connectivity index (χ3n) is 0.873. The van der Waals surface area contributed by atoms with Crippen LogP contribution in [0.2, 0.25) is 0 Å². The molecular formula is C4H11N2O4P. The number of carbonyl (C=O) groups is 1. The minimum absolute atomic E-state index is 0.576. The highest BCUT2D eigenvalue weighted by molar-refractivity contribution is 7.51. The summed E-state index contributed by atoms with van der Waals surface area (Å²) in [7, 11) is -4.15. The van der Waals surface area contributed by atoms with E-state index in [0.717, 1.165) is 0 Å². The van der Waals surface area contributed by atoms with Gasteiger partial charge in [-0.1, -0.05) is 0 Å². The van der Waals surface area contributed by atoms with Gasteiger partial charge < -0.3 is 20.8 Å². The van der Waals surface area contributed by atoms with Crippen molar-refractivity contribution in [2.75, 3.05) is 6.29 Å². The average molecular weight is 182 g/mol. The second-order valence-electron chi connectivity index (χ2n) is 2.15. The van der Waals surface area contributed by atoms with Crippen LogP contribution in [0.3, 0.4) is 0 Å². The maximum absolute atomic E-state index is 10.6. The lowest BCUT2D eigenvalue weighted by molar-refractivity contribution is -0.121. The largest absolute Gasteiger partial charge is 0.344 e. The Morgan fingerprint density at radius 2 is 2.18 bits per heavy atom. The Morgan fingerprint density at radius 3 is 2.45 bits per heavy atom. The van der Waals surface area contributed by atoms with Gasteiger partial charge in [0.15, 0.2) is 0 Å². The normalized spacial score (nSPS) is 14.2. The van der Waals surface area contributed by atoms with Gasteiger partial charge in [-0.25, -0.2) is 0 Å². The van der Waals surface area contributed by atoms with Gasteiger partial charge in [0, 0.05) is 0 Å². The minimum atomic E-state index is -4.15. The molecule has 6 nitrogen and oxygen atoms in total. The van der Waals surface area contributed by atoms with Gasteiger partial charge in [-0.3, -0.25) is 9.36 Å². The number of rotatable bonds is 3. The maximum atomic E-state index is 10.6. The van der Waals surface area contributed by atoms with Crippen molar-refractivity contribution in [2.45, 2.75) is 13.0 Å². The Hall–Kier alpha value is -0.420. The van der Waals surface area contributed by atoms with Crippen molar-refractivity contribution in [1.82, 2.24) is 5.32 Å². The highest BCUT2D eigenvalue weighted by Gasteiger charge is 2.15. The van der Waals surface area contributed by atoms with Crippen molar-refractivity contribution in [3.8, 4) is 0 Å². The van der Waals surface area contributed by atoms with Gasteiger partial charge in [0.2, 0.25) is 5.91 Å². The minimum Gasteiger partial charge on any atom is -0.343 e. The molecule has 0 saturated heterocycles. The van der Waals surface area contributed by atoms with E-state index in [1.165, 1.54) is 6.92 Å². The zero-order valence-electron chi connectivity index (χ0n) is 6.02. The molecule has 1 atom stereocenters. The van der Waals surface area contributed by atoms with E-state index in [-0.39, 0.29) is 0 Å². The van der Waals surface area contributed by atoms with Crippen LogP contribution in [0.4, 0.5) is 0 Å². The first-order valence-electron chi connectivity index (χ1n) is 2.91. The third-order valence-corrected chi connectivity index (χ3v) is 1.44. The van der Waals surface area contributed by atoms with Crippen LogP contribution in [0.25, 0.3) is 0 Å². The fraction of sp³-hybridized carbons (Fsp3) is 0.750. The summed E-state index contributed by atoms with van der Waals surface area (Å²) >= 11 is 0. The molecule has 0 aliphatic heterocycles. The zero-order chi connectivity index (χ0) is 9.07. The summed E-state index contributed by atoms with van der Waals surface area (Å²) in [6.45, 7) is 1.43. The molecule has 0 aliphatic carbocycles. The van der Waals surface area contributed by atoms with E-state index in [1.54, 1.807) is 0 Å². The SMILES string of the molecule is C[C@H](N)C(=O)NCP(=O)(O)O. The standard InChI is InChI=1S/C4H11N2O4P/c1-3(5)4(7)6-2-11(8,9)10/h3H,2,5H2,1H3,(H,6,7)(H2,8,9,10)/t3-/m0/s1. The number of carbonyl (C=O) groups excluding carboxylic acids is 1. The fourth-order valence-corrected chi connectivity index (χ4v) is 0.704. The van der Waals surface area contributed by atoms with E-state index >= 15 is 0 Å². The van der Waals surface area contributed by atoms with Crippen LogP contribution in [0.15, 0.2) is 0 Å². The molecule has 0 aliphatic rings. The smallest absolute Gasteiger partial charge is 0.343 e. The highest BCUT2D eigenvalue weighted by atomic mass is 31.2. The van der Waals surface area contributed by atoms with Crippen molar-refractivity contribution >= 4 is 13.5 Å². The second-order valence-corrected chi connectivity index (χ2v) is 3.80. The first-order valence-corrected chi connectivity index (χ1v) is 4.70. The molecule has 5 N–H and O–H groups in total. The van der Waals surface area contributed by atoms with E-state index in [1.807, 2.05) is 5.32 Å². The van der Waals surface area contributed by atoms with Gasteiger partial charge in [-0.05, 0) is 6.92 Å². The van der Waals surface area contributed by atoms with Crippen molar-refractivity contribution < 1.29 is 19.1 Å². The summed E-state index contributed by atoms with van der Waals surface area (Å²) in [6, 6.07) is -0.749. The van der Waals surface area contributed by atoms with Crippen LogP contribution in [-0.4, -0.2) is 28.0 Å². The highest BCUT2D eigenvalue weighted by Crippen LogP contribution is 2.31. The van der Waals surface area contributed by atoms with Crippen molar-refractivity contribution in [3.05, 3.63) is 0 Å². The molecule has 0 aromatic carbocycles. The summed E-state index contributed by atoms with van der Waals surface area (Å²) in [5.41, 5.74) is 5.10. The van der Waals surface area contributed by atoms with Gasteiger partial charge in [-0.2, -0.15) is 0 Å². The molecular weight excluding hydrogens is 171 g/mol. The molecule has 11 heavy (non-hydrogen) atoms. The van der Waals surface area contributed by atoms with Crippen molar-refractivity contribution in [2.24, 2.45) is 5.73 Å². The van der Waals surface area contributed by atoms with Crippen molar-refractivity contribution in [1.29, 1.82) is 0 Å². The Morgan fingerprint density at radius 1 is 1.73 bits per heavy atom. The Balaban J connectivity index is 3.73. The first-order chi connectivity index (χ1) is 4.83. The maximum Gasteiger partial charge on any atom is 0.344 e. The van der Waals surface area contributed by atoms with E-state index in [2.05, 4.69) is 0 Å². The number of amides is 1. The van der Waals surface area contributed by atoms with Crippen LogP contribution >= 0.6 is 7.60 Å². The van der Waals surface area contributed by atoms with E-state index < -0.39 is 25.8 Å². The van der Waals surface area contributed by atoms with Gasteiger partial charge in [0.25, 0.3) is 0 Å². The van der Waals surface area contributed by atoms with Gasteiger partial charge in [-0.15, -0.1) is 0 Å². The summed E-state index contributed by atoms with van der Waals surface area (Å²) in [4.78, 5) is 27.2. The van der Waals surface area contributed by atoms with Crippen LogP contribution < -0.4 is 11.1 Å². The molecule has 0 fully saturated rings. The molecule has 0 radical (unpaired) electrons. The first kappa shape index (κ1) is 10.6. The molecule has 0 saturated carbocycles. The monoisotopic (exact) mass is 182 g/mol. The summed E-state index contributed by atoms with van der Waals surface area (Å²) in [5.74, 6) is -0.576. The lowest BCUT2D eigenvalue weighted by Gasteiger charge is -2.07. The van der Waals surface area contributed by atoms with E-state index in [4.69, 9.17) is 15.5 Å². The average Bonchev–Trinajstić information content (AvgIpc) is 1.80. The lowest BCUT2D eigenvalue weighted by atomic mass is 10.3. The zero-order valence-corrected chi connectivity index (χ0v) is 6.91. The summed E-state index contributed by atoms with van der Waals surface area (Å²) in [5, 5.41) is 1.99. The Kier molecular flexibility index (Phi) is 3.68. The molecule has 0 aromatic rings. The number of nitrogens with one attached hydrogen (secondary N) is 1. The molecule has 7 heteroatoms. The van der Waals surface area contributed by atoms with Gasteiger partial charge >= 0.3 is 7.60 Å². The molecule has 0 bridgehead atoms. The summed E-state index contributed by atoms with van der Waals surface area (Å²) in [6.07, 6.45) is -0.659. The lowest BCUT2D eigenvalue weighted by Crippen LogP contribution is -2.38. The molecule has 1 amide bonds. The molecule has 0 aromatic heterocycles. The molecule has 0 spiro atoms.